The van der Waals surface area contributed by atoms with Crippen LogP contribution >= 0.6 is 23.2 Å². The first kappa shape index (κ1) is 7.68. The van der Waals surface area contributed by atoms with Crippen LogP contribution in [0.4, 0.5) is 0 Å². The lowest BCUT2D eigenvalue weighted by molar-refractivity contribution is 0.553. The van der Waals surface area contributed by atoms with Gasteiger partial charge < -0.3 is 0 Å². The maximum Gasteiger partial charge on any atom is 0.118 e. The number of hydrogen-bond donors (Lipinski definition) is 0. The van der Waals surface area contributed by atoms with E-state index in [1.54, 1.807) is 0 Å². The highest BCUT2D eigenvalue weighted by atomic mass is 35.5. The van der Waals surface area contributed by atoms with E-state index in [2.05, 4.69) is 6.92 Å². The lowest BCUT2D eigenvalue weighted by atomic mass is 10.1. The van der Waals surface area contributed by atoms with E-state index in [0.717, 1.165) is 25.7 Å². The summed E-state index contributed by atoms with van der Waals surface area (Å²) >= 11 is 11.8. The molecule has 0 aliphatic heterocycles. The van der Waals surface area contributed by atoms with Gasteiger partial charge in [0.2, 0.25) is 0 Å². The molecule has 1 unspecified atom stereocenters. The molecular weight excluding hydrogens is 155 g/mol. The fourth-order valence-corrected chi connectivity index (χ4v) is 1.94. The lowest BCUT2D eigenvalue weighted by Gasteiger charge is -2.10. The van der Waals surface area contributed by atoms with Crippen LogP contribution in [0.25, 0.3) is 0 Å². The Morgan fingerprint density at radius 3 is 2.44 bits per heavy atom. The Bertz CT molecular complexity index is 99.1. The van der Waals surface area contributed by atoms with Gasteiger partial charge in [-0.05, 0) is 25.2 Å². The molecular formula is C7H11Cl2. The van der Waals surface area contributed by atoms with Crippen molar-refractivity contribution in [1.29, 1.82) is 0 Å². The van der Waals surface area contributed by atoms with Crippen LogP contribution in [0.5, 0.6) is 0 Å². The standard InChI is InChI=1S/C7H11Cl2/c1-2-6-3-4-7(8,9)5-6/h6H,1-5H2. The SMILES string of the molecule is [CH2]CC1CCC(Cl)(Cl)C1. The average molecular weight is 166 g/mol. The molecule has 1 aliphatic carbocycles. The molecule has 1 saturated carbocycles. The van der Waals surface area contributed by atoms with Crippen LogP contribution < -0.4 is 0 Å². The zero-order chi connectivity index (χ0) is 6.91. The molecule has 0 saturated heterocycles. The van der Waals surface area contributed by atoms with E-state index >= 15 is 0 Å². The Kier molecular flexibility index (Phi) is 2.28. The molecule has 0 heterocycles. The Balaban J connectivity index is 2.38. The van der Waals surface area contributed by atoms with E-state index in [9.17, 15) is 0 Å². The molecule has 1 atom stereocenters. The van der Waals surface area contributed by atoms with Crippen LogP contribution in [0.15, 0.2) is 0 Å². The van der Waals surface area contributed by atoms with Gasteiger partial charge in [0, 0.05) is 0 Å². The highest BCUT2D eigenvalue weighted by Gasteiger charge is 2.34. The van der Waals surface area contributed by atoms with Crippen molar-refractivity contribution in [2.75, 3.05) is 0 Å². The lowest BCUT2D eigenvalue weighted by Crippen LogP contribution is -2.05. The van der Waals surface area contributed by atoms with Crippen molar-refractivity contribution in [3.05, 3.63) is 6.92 Å². The van der Waals surface area contributed by atoms with Gasteiger partial charge in [-0.3, -0.25) is 0 Å². The van der Waals surface area contributed by atoms with Crippen molar-refractivity contribution < 1.29 is 0 Å². The molecule has 1 radical (unpaired) electrons. The second-order valence-corrected chi connectivity index (χ2v) is 4.39. The summed E-state index contributed by atoms with van der Waals surface area (Å²) in [6, 6.07) is 0. The molecule has 1 fully saturated rings. The second kappa shape index (κ2) is 2.67. The Hall–Kier alpha value is 0.580. The predicted molar refractivity (Wildman–Crippen MR) is 41.8 cm³/mol. The third-order valence-corrected chi connectivity index (χ3v) is 2.60. The summed E-state index contributed by atoms with van der Waals surface area (Å²) in [7, 11) is 0. The monoisotopic (exact) mass is 165 g/mol. The Morgan fingerprint density at radius 1 is 1.56 bits per heavy atom. The smallest absolute Gasteiger partial charge is 0.102 e. The summed E-state index contributed by atoms with van der Waals surface area (Å²) in [6.07, 6.45) is 3.99. The molecule has 0 aromatic heterocycles. The number of hydrogen-bond acceptors (Lipinski definition) is 0. The summed E-state index contributed by atoms with van der Waals surface area (Å²) in [5.74, 6) is 0.667. The van der Waals surface area contributed by atoms with Gasteiger partial charge in [0.15, 0.2) is 0 Å². The third-order valence-electron chi connectivity index (χ3n) is 1.91. The minimum Gasteiger partial charge on any atom is -0.102 e. The van der Waals surface area contributed by atoms with Gasteiger partial charge in [0.1, 0.15) is 4.33 Å². The number of rotatable bonds is 1. The minimum absolute atomic E-state index is 0.428. The van der Waals surface area contributed by atoms with Gasteiger partial charge >= 0.3 is 0 Å². The van der Waals surface area contributed by atoms with Crippen molar-refractivity contribution in [3.8, 4) is 0 Å². The highest BCUT2D eigenvalue weighted by molar-refractivity contribution is 6.48. The molecule has 1 rings (SSSR count). The Labute approximate surface area is 66.5 Å². The first-order chi connectivity index (χ1) is 4.14. The van der Waals surface area contributed by atoms with Crippen molar-refractivity contribution in [2.45, 2.75) is 30.0 Å². The summed E-state index contributed by atoms with van der Waals surface area (Å²) in [5.41, 5.74) is 0. The van der Waals surface area contributed by atoms with E-state index in [1.165, 1.54) is 0 Å². The van der Waals surface area contributed by atoms with Crippen LogP contribution in [-0.4, -0.2) is 4.33 Å². The fraction of sp³-hybridized carbons (Fsp3) is 0.857. The van der Waals surface area contributed by atoms with Gasteiger partial charge in [-0.15, -0.1) is 23.2 Å². The molecule has 0 bridgehead atoms. The maximum atomic E-state index is 5.88. The fourth-order valence-electron chi connectivity index (χ4n) is 1.29. The molecule has 0 spiro atoms. The minimum atomic E-state index is -0.428. The number of alkyl halides is 2. The molecule has 2 heteroatoms. The van der Waals surface area contributed by atoms with Gasteiger partial charge in [-0.2, -0.15) is 0 Å². The molecule has 1 aliphatic rings. The van der Waals surface area contributed by atoms with Crippen LogP contribution in [0.1, 0.15) is 25.7 Å². The zero-order valence-electron chi connectivity index (χ0n) is 5.37. The summed E-state index contributed by atoms with van der Waals surface area (Å²) in [5, 5.41) is 0. The van der Waals surface area contributed by atoms with Crippen molar-refractivity contribution in [2.24, 2.45) is 5.92 Å². The molecule has 0 aromatic rings. The van der Waals surface area contributed by atoms with Crippen molar-refractivity contribution in [1.82, 2.24) is 0 Å². The predicted octanol–water partition coefficient (Wildman–Crippen LogP) is 3.18. The number of halogens is 2. The summed E-state index contributed by atoms with van der Waals surface area (Å²) in [6.45, 7) is 3.82. The van der Waals surface area contributed by atoms with Crippen LogP contribution in [0.3, 0.4) is 0 Å². The van der Waals surface area contributed by atoms with Crippen LogP contribution in [0, 0.1) is 12.8 Å². The quantitative estimate of drug-likeness (QED) is 0.524. The van der Waals surface area contributed by atoms with E-state index in [0.29, 0.717) is 5.92 Å². The topological polar surface area (TPSA) is 0 Å². The van der Waals surface area contributed by atoms with Crippen LogP contribution in [0.2, 0.25) is 0 Å². The normalized spacial score (nSPS) is 33.0. The first-order valence-corrected chi connectivity index (χ1v) is 4.07. The molecule has 0 N–H and O–H groups in total. The molecule has 53 valence electrons. The Morgan fingerprint density at radius 2 is 2.22 bits per heavy atom. The highest BCUT2D eigenvalue weighted by Crippen LogP contribution is 2.43. The average Bonchev–Trinajstić information content (AvgIpc) is 2.10. The molecule has 0 nitrogen and oxygen atoms in total. The zero-order valence-corrected chi connectivity index (χ0v) is 6.88. The first-order valence-electron chi connectivity index (χ1n) is 3.31. The molecule has 0 aromatic carbocycles. The summed E-state index contributed by atoms with van der Waals surface area (Å²) < 4.78 is -0.428. The van der Waals surface area contributed by atoms with Crippen molar-refractivity contribution in [3.63, 3.8) is 0 Å². The van der Waals surface area contributed by atoms with E-state index in [4.69, 9.17) is 23.2 Å². The molecule has 9 heavy (non-hydrogen) atoms. The van der Waals surface area contributed by atoms with Crippen LogP contribution in [-0.2, 0) is 0 Å². The van der Waals surface area contributed by atoms with E-state index < -0.39 is 4.33 Å². The summed E-state index contributed by atoms with van der Waals surface area (Å²) in [4.78, 5) is 0. The van der Waals surface area contributed by atoms with E-state index in [-0.39, 0.29) is 0 Å². The maximum absolute atomic E-state index is 5.88. The second-order valence-electron chi connectivity index (χ2n) is 2.75. The van der Waals surface area contributed by atoms with Gasteiger partial charge in [-0.25, -0.2) is 0 Å². The van der Waals surface area contributed by atoms with Crippen molar-refractivity contribution >= 4 is 23.2 Å². The largest absolute Gasteiger partial charge is 0.118 e. The molecule has 0 amide bonds. The van der Waals surface area contributed by atoms with Gasteiger partial charge in [0.25, 0.3) is 0 Å². The van der Waals surface area contributed by atoms with Gasteiger partial charge in [0.05, 0.1) is 0 Å². The third kappa shape index (κ3) is 2.01. The van der Waals surface area contributed by atoms with E-state index in [1.807, 2.05) is 0 Å². The van der Waals surface area contributed by atoms with Gasteiger partial charge in [-0.1, -0.05) is 13.3 Å².